The third-order valence-electron chi connectivity index (χ3n) is 7.21. The average Bonchev–Trinajstić information content (AvgIpc) is 2.92. The van der Waals surface area contributed by atoms with Crippen LogP contribution in [0.4, 0.5) is 4.79 Å². The Morgan fingerprint density at radius 1 is 0.979 bits per heavy atom. The molecule has 17 heteroatoms. The van der Waals surface area contributed by atoms with E-state index in [0.29, 0.717) is 12.1 Å². The summed E-state index contributed by atoms with van der Waals surface area (Å²) in [6, 6.07) is -5.54. The van der Waals surface area contributed by atoms with E-state index in [-0.39, 0.29) is 67.8 Å². The van der Waals surface area contributed by atoms with Crippen LogP contribution < -0.4 is 32.7 Å². The summed E-state index contributed by atoms with van der Waals surface area (Å²) < 4.78 is 5.16. The molecule has 5 atom stereocenters. The quantitative estimate of drug-likeness (QED) is 0.0882. The van der Waals surface area contributed by atoms with Gasteiger partial charge in [-0.1, -0.05) is 13.8 Å². The molecule has 0 aromatic rings. The molecular formula is C31H53N7O10. The van der Waals surface area contributed by atoms with Crippen LogP contribution in [-0.2, 0) is 28.7 Å². The Bertz CT molecular complexity index is 1260. The zero-order valence-corrected chi connectivity index (χ0v) is 28.8. The minimum absolute atomic E-state index is 0.00979. The lowest BCUT2D eigenvalue weighted by Crippen LogP contribution is -2.60. The molecule has 0 bridgehead atoms. The molecule has 0 aromatic heterocycles. The second-order valence-electron chi connectivity index (χ2n) is 13.6. The number of hydrogen-bond acceptors (Lipinski definition) is 12. The topological polar surface area (TPSA) is 285 Å². The van der Waals surface area contributed by atoms with Crippen LogP contribution in [0.1, 0.15) is 80.6 Å². The molecule has 48 heavy (non-hydrogen) atoms. The Hall–Kier alpha value is -4.09. The number of aliphatic hydroxyl groups excluding tert-OH is 2. The summed E-state index contributed by atoms with van der Waals surface area (Å²) in [7, 11) is 0. The lowest BCUT2D eigenvalue weighted by Gasteiger charge is -2.29. The molecule has 0 unspecified atom stereocenters. The molecule has 0 radical (unpaired) electrons. The lowest BCUT2D eigenvalue weighted by atomic mass is 9.76. The number of nitrogens with two attached hydrogens (primary N) is 2. The second kappa shape index (κ2) is 18.5. The van der Waals surface area contributed by atoms with E-state index in [1.54, 1.807) is 27.7 Å². The predicted molar refractivity (Wildman–Crippen MR) is 176 cm³/mol. The molecular weight excluding hydrogens is 630 g/mol. The summed E-state index contributed by atoms with van der Waals surface area (Å²) in [5.41, 5.74) is 10.8. The van der Waals surface area contributed by atoms with Crippen molar-refractivity contribution in [3.05, 3.63) is 11.3 Å². The zero-order valence-electron chi connectivity index (χ0n) is 28.8. The molecule has 0 aliphatic heterocycles. The Balaban J connectivity index is 2.98. The van der Waals surface area contributed by atoms with Gasteiger partial charge in [-0.25, -0.2) is 9.59 Å². The number of ketones is 1. The van der Waals surface area contributed by atoms with E-state index in [4.69, 9.17) is 16.2 Å². The van der Waals surface area contributed by atoms with Crippen molar-refractivity contribution in [2.45, 2.75) is 116 Å². The maximum Gasteiger partial charge on any atom is 0.407 e. The number of allylic oxidation sites excluding steroid dienone is 2. The van der Waals surface area contributed by atoms with Crippen LogP contribution in [0, 0.1) is 5.41 Å². The van der Waals surface area contributed by atoms with E-state index in [2.05, 4.69) is 26.3 Å². The van der Waals surface area contributed by atoms with E-state index in [1.807, 2.05) is 13.8 Å². The summed E-state index contributed by atoms with van der Waals surface area (Å²) in [5, 5.41) is 39.6. The van der Waals surface area contributed by atoms with Crippen molar-refractivity contribution in [2.24, 2.45) is 21.9 Å². The number of nitrogens with one attached hydrogen (secondary N) is 4. The molecule has 0 spiro atoms. The first-order valence-electron chi connectivity index (χ1n) is 15.8. The van der Waals surface area contributed by atoms with Gasteiger partial charge in [0.05, 0.1) is 17.7 Å². The highest BCUT2D eigenvalue weighted by atomic mass is 16.6. The fourth-order valence-electron chi connectivity index (χ4n) is 4.81. The molecule has 0 saturated heterocycles. The minimum Gasteiger partial charge on any atom is -0.511 e. The normalized spacial score (nSPS) is 18.1. The van der Waals surface area contributed by atoms with Gasteiger partial charge >= 0.3 is 12.1 Å². The number of rotatable bonds is 17. The van der Waals surface area contributed by atoms with Crippen LogP contribution in [0.25, 0.3) is 0 Å². The molecule has 0 saturated carbocycles. The largest absolute Gasteiger partial charge is 0.511 e. The van der Waals surface area contributed by atoms with Gasteiger partial charge in [-0.2, -0.15) is 0 Å². The van der Waals surface area contributed by atoms with E-state index >= 15 is 0 Å². The van der Waals surface area contributed by atoms with E-state index in [1.165, 1.54) is 6.92 Å². The molecule has 11 N–H and O–H groups in total. The first kappa shape index (κ1) is 41.9. The fourth-order valence-corrected chi connectivity index (χ4v) is 4.81. The van der Waals surface area contributed by atoms with Crippen molar-refractivity contribution in [1.29, 1.82) is 0 Å². The van der Waals surface area contributed by atoms with E-state index < -0.39 is 65.7 Å². The molecule has 1 aliphatic carbocycles. The predicted octanol–water partition coefficient (Wildman–Crippen LogP) is -0.451. The molecule has 4 amide bonds. The molecule has 1 rings (SSSR count). The SMILES string of the molecule is CC(=NCC[C@H](N)C(=O)N[C@H](C(=O)N[C@@H](CCNC(=O)OC(C)(C)C)C(=O)N[C@@H](CCN)C(=O)O)[C@@H](C)O)C1=C(O)CC(C)(C)CC1=O. The average molecular weight is 684 g/mol. The van der Waals surface area contributed by atoms with E-state index in [9.17, 15) is 44.1 Å². The van der Waals surface area contributed by atoms with E-state index in [0.717, 1.165) is 0 Å². The lowest BCUT2D eigenvalue weighted by molar-refractivity contribution is -0.142. The first-order valence-corrected chi connectivity index (χ1v) is 15.8. The zero-order chi connectivity index (χ0) is 37.0. The number of amides is 4. The van der Waals surface area contributed by atoms with Crippen LogP contribution in [0.2, 0.25) is 0 Å². The van der Waals surface area contributed by atoms with Crippen molar-refractivity contribution in [1.82, 2.24) is 21.3 Å². The number of carboxylic acid groups (broad SMARTS) is 1. The van der Waals surface area contributed by atoms with Crippen molar-refractivity contribution in [3.63, 3.8) is 0 Å². The molecule has 17 nitrogen and oxygen atoms in total. The van der Waals surface area contributed by atoms with Gasteiger partial charge in [0.2, 0.25) is 17.7 Å². The van der Waals surface area contributed by atoms with Crippen LogP contribution in [-0.4, -0.2) is 112 Å². The van der Waals surface area contributed by atoms with Crippen LogP contribution in [0.15, 0.2) is 16.3 Å². The minimum atomic E-state index is -1.58. The Morgan fingerprint density at radius 3 is 2.10 bits per heavy atom. The summed E-state index contributed by atoms with van der Waals surface area (Å²) in [6.45, 7) is 11.3. The maximum atomic E-state index is 13.2. The highest BCUT2D eigenvalue weighted by molar-refractivity contribution is 6.22. The molecule has 0 aromatic carbocycles. The first-order chi connectivity index (χ1) is 22.1. The highest BCUT2D eigenvalue weighted by Gasteiger charge is 2.35. The third kappa shape index (κ3) is 14.4. The number of alkyl carbamates (subject to hydrolysis) is 1. The van der Waals surface area contributed by atoms with Crippen molar-refractivity contribution < 1.29 is 48.8 Å². The number of Topliss-reactive ketones (excluding diaryl/α,β-unsaturated/α-hetero) is 1. The summed E-state index contributed by atoms with van der Waals surface area (Å²) in [4.78, 5) is 79.7. The summed E-state index contributed by atoms with van der Waals surface area (Å²) in [6.07, 6.45) is -1.99. The standard InChI is InChI=1S/C31H53N7O10/c1-16(23-21(40)14-31(6,7)15-22(23)41)34-12-9-18(33)25(42)38-24(17(2)39)27(44)36-19(10-13-35-29(47)48-30(3,4)5)26(43)37-20(8-11-32)28(45)46/h17-20,24,39-40H,8-15,32-33H2,1-7H3,(H,35,47)(H,36,44)(H,37,43)(H,38,42)(H,45,46)/t17-,18+,19+,20+,24+/m1/s1. The van der Waals surface area contributed by atoms with Gasteiger partial charge in [0.1, 0.15) is 29.5 Å². The van der Waals surface area contributed by atoms with Gasteiger partial charge in [-0.05, 0) is 65.8 Å². The smallest absolute Gasteiger partial charge is 0.407 e. The van der Waals surface area contributed by atoms with Crippen LogP contribution in [0.3, 0.4) is 0 Å². The van der Waals surface area contributed by atoms with Crippen LogP contribution >= 0.6 is 0 Å². The third-order valence-corrected chi connectivity index (χ3v) is 7.21. The van der Waals surface area contributed by atoms with Gasteiger partial charge in [0, 0.05) is 31.6 Å². The molecule has 0 fully saturated rings. The Labute approximate surface area is 280 Å². The number of aliphatic imine (C=N–C) groups is 1. The van der Waals surface area contributed by atoms with Crippen LogP contribution in [0.5, 0.6) is 0 Å². The maximum absolute atomic E-state index is 13.2. The number of hydrogen-bond donors (Lipinski definition) is 9. The Morgan fingerprint density at radius 2 is 1.58 bits per heavy atom. The number of nitrogens with zero attached hydrogens (tertiary/aromatic N) is 1. The monoisotopic (exact) mass is 683 g/mol. The van der Waals surface area contributed by atoms with Crippen molar-refractivity contribution >= 4 is 41.3 Å². The van der Waals surface area contributed by atoms with Crippen molar-refractivity contribution in [2.75, 3.05) is 19.6 Å². The number of aliphatic hydroxyl groups is 2. The van der Waals surface area contributed by atoms with Gasteiger partial charge in [0.25, 0.3) is 0 Å². The molecule has 0 heterocycles. The second-order valence-corrected chi connectivity index (χ2v) is 13.6. The summed E-state index contributed by atoms with van der Waals surface area (Å²) in [5.74, 6) is -4.33. The number of ether oxygens (including phenoxy) is 1. The van der Waals surface area contributed by atoms with Crippen molar-refractivity contribution in [3.8, 4) is 0 Å². The van der Waals surface area contributed by atoms with Gasteiger partial charge in [0.15, 0.2) is 5.78 Å². The highest BCUT2D eigenvalue weighted by Crippen LogP contribution is 2.36. The number of carboxylic acids is 1. The molecule has 272 valence electrons. The van der Waals surface area contributed by atoms with Gasteiger partial charge < -0.3 is 52.8 Å². The number of carbonyl (C=O) groups is 6. The van der Waals surface area contributed by atoms with Gasteiger partial charge in [-0.15, -0.1) is 0 Å². The Kier molecular flexibility index (Phi) is 16.1. The number of carbonyl (C=O) groups excluding carboxylic acids is 5. The fraction of sp³-hybridized carbons (Fsp3) is 0.710. The molecule has 1 aliphatic rings. The van der Waals surface area contributed by atoms with Gasteiger partial charge in [-0.3, -0.25) is 24.2 Å². The summed E-state index contributed by atoms with van der Waals surface area (Å²) >= 11 is 0. The number of aliphatic carboxylic acids is 1.